The molecule has 140 valence electrons. The Bertz CT molecular complexity index is 947. The lowest BCUT2D eigenvalue weighted by atomic mass is 10.1. The van der Waals surface area contributed by atoms with Crippen LogP contribution in [0.3, 0.4) is 0 Å². The first-order valence-electron chi connectivity index (χ1n) is 7.87. The third-order valence-corrected chi connectivity index (χ3v) is 4.76. The Balaban J connectivity index is 1.88. The predicted molar refractivity (Wildman–Crippen MR) is 101 cm³/mol. The zero-order chi connectivity index (χ0) is 19.7. The number of anilines is 2. The molecule has 0 saturated carbocycles. The van der Waals surface area contributed by atoms with Gasteiger partial charge in [0.05, 0.1) is 27.0 Å². The number of halogens is 2. The highest BCUT2D eigenvalue weighted by molar-refractivity contribution is 6.44. The number of aromatic carboxylic acids is 1. The zero-order valence-corrected chi connectivity index (χ0v) is 15.5. The van der Waals surface area contributed by atoms with Gasteiger partial charge in [-0.3, -0.25) is 14.5 Å². The summed E-state index contributed by atoms with van der Waals surface area (Å²) in [4.78, 5) is 37.4. The smallest absolute Gasteiger partial charge is 0.335 e. The summed E-state index contributed by atoms with van der Waals surface area (Å²) >= 11 is 12.0. The Morgan fingerprint density at radius 2 is 2.00 bits per heavy atom. The summed E-state index contributed by atoms with van der Waals surface area (Å²) in [7, 11) is 0. The van der Waals surface area contributed by atoms with Crippen LogP contribution < -0.4 is 15.0 Å². The van der Waals surface area contributed by atoms with Crippen molar-refractivity contribution in [3.8, 4) is 5.75 Å². The number of carboxylic acid groups (broad SMARTS) is 1. The number of hydrogen-bond donors (Lipinski definition) is 2. The van der Waals surface area contributed by atoms with Crippen molar-refractivity contribution in [2.75, 3.05) is 16.8 Å². The van der Waals surface area contributed by atoms with Gasteiger partial charge in [-0.2, -0.15) is 0 Å². The number of carbonyl (C=O) groups excluding carboxylic acids is 2. The van der Waals surface area contributed by atoms with Gasteiger partial charge in [0.2, 0.25) is 5.91 Å². The fourth-order valence-corrected chi connectivity index (χ4v) is 2.98. The van der Waals surface area contributed by atoms with Crippen LogP contribution in [0.4, 0.5) is 11.4 Å². The molecular weight excluding hydrogens is 395 g/mol. The van der Waals surface area contributed by atoms with Gasteiger partial charge in [-0.15, -0.1) is 0 Å². The van der Waals surface area contributed by atoms with Gasteiger partial charge in [0.1, 0.15) is 12.3 Å². The highest BCUT2D eigenvalue weighted by Gasteiger charge is 2.33. The minimum atomic E-state index is -1.15. The van der Waals surface area contributed by atoms with Gasteiger partial charge >= 0.3 is 5.97 Å². The van der Waals surface area contributed by atoms with Crippen molar-refractivity contribution in [3.05, 3.63) is 52.0 Å². The summed E-state index contributed by atoms with van der Waals surface area (Å²) in [5.41, 5.74) is 0.496. The van der Waals surface area contributed by atoms with Crippen LogP contribution in [0.1, 0.15) is 17.3 Å². The Hall–Kier alpha value is -2.77. The summed E-state index contributed by atoms with van der Waals surface area (Å²) in [6.45, 7) is 1.21. The van der Waals surface area contributed by atoms with E-state index in [1.54, 1.807) is 25.1 Å². The molecule has 1 aliphatic rings. The fourth-order valence-electron chi connectivity index (χ4n) is 2.64. The van der Waals surface area contributed by atoms with Gasteiger partial charge in [-0.05, 0) is 37.3 Å². The van der Waals surface area contributed by atoms with E-state index in [1.165, 1.54) is 23.1 Å². The van der Waals surface area contributed by atoms with Crippen molar-refractivity contribution >= 4 is 52.4 Å². The number of nitrogens with one attached hydrogen (secondary N) is 1. The number of nitrogens with zero attached hydrogens (tertiary/aromatic N) is 1. The van der Waals surface area contributed by atoms with Crippen molar-refractivity contribution in [2.24, 2.45) is 0 Å². The van der Waals surface area contributed by atoms with Crippen molar-refractivity contribution in [1.82, 2.24) is 0 Å². The van der Waals surface area contributed by atoms with Gasteiger partial charge in [0, 0.05) is 0 Å². The Labute approximate surface area is 164 Å². The zero-order valence-electron chi connectivity index (χ0n) is 14.0. The summed E-state index contributed by atoms with van der Waals surface area (Å²) < 4.78 is 5.49. The first kappa shape index (κ1) is 19.0. The topological polar surface area (TPSA) is 95.9 Å². The van der Waals surface area contributed by atoms with E-state index in [2.05, 4.69) is 5.32 Å². The van der Waals surface area contributed by atoms with Crippen LogP contribution in [0.5, 0.6) is 5.75 Å². The molecule has 0 radical (unpaired) electrons. The standard InChI is InChI=1S/C18H14Cl2N2O5/c1-9-17(24)22(13-7-10(18(25)26)5-6-14(13)27-9)8-15(23)21-12-4-2-3-11(19)16(12)20/h2-7,9H,8H2,1H3,(H,21,23)(H,25,26). The van der Waals surface area contributed by atoms with Crippen LogP contribution in [-0.2, 0) is 9.59 Å². The van der Waals surface area contributed by atoms with Gasteiger partial charge in [-0.25, -0.2) is 4.79 Å². The number of ether oxygens (including phenoxy) is 1. The molecule has 2 N–H and O–H groups in total. The third-order valence-electron chi connectivity index (χ3n) is 3.94. The van der Waals surface area contributed by atoms with E-state index in [-0.39, 0.29) is 27.8 Å². The monoisotopic (exact) mass is 408 g/mol. The van der Waals surface area contributed by atoms with Crippen molar-refractivity contribution in [3.63, 3.8) is 0 Å². The van der Waals surface area contributed by atoms with Crippen LogP contribution in [-0.4, -0.2) is 35.5 Å². The normalized spacial score (nSPS) is 15.7. The largest absolute Gasteiger partial charge is 0.479 e. The molecule has 1 heterocycles. The number of hydrogen-bond acceptors (Lipinski definition) is 4. The highest BCUT2D eigenvalue weighted by atomic mass is 35.5. The molecule has 0 aromatic heterocycles. The first-order chi connectivity index (χ1) is 12.8. The Kier molecular flexibility index (Phi) is 5.25. The number of fused-ring (bicyclic) bond motifs is 1. The number of carbonyl (C=O) groups is 3. The molecular formula is C18H14Cl2N2O5. The van der Waals surface area contributed by atoms with Crippen LogP contribution in [0.2, 0.25) is 10.0 Å². The average molecular weight is 409 g/mol. The van der Waals surface area contributed by atoms with E-state index in [0.717, 1.165) is 0 Å². The molecule has 2 aromatic rings. The molecule has 0 fully saturated rings. The molecule has 27 heavy (non-hydrogen) atoms. The molecule has 1 unspecified atom stereocenters. The summed E-state index contributed by atoms with van der Waals surface area (Å²) in [6, 6.07) is 8.90. The van der Waals surface area contributed by atoms with Gasteiger partial charge < -0.3 is 15.2 Å². The number of carboxylic acids is 1. The van der Waals surface area contributed by atoms with Crippen LogP contribution in [0.25, 0.3) is 0 Å². The van der Waals surface area contributed by atoms with Gasteiger partial charge in [0.15, 0.2) is 6.10 Å². The minimum Gasteiger partial charge on any atom is -0.479 e. The Morgan fingerprint density at radius 1 is 1.26 bits per heavy atom. The van der Waals surface area contributed by atoms with E-state index in [1.807, 2.05) is 0 Å². The quantitative estimate of drug-likeness (QED) is 0.807. The summed E-state index contributed by atoms with van der Waals surface area (Å²) in [5.74, 6) is -1.81. The molecule has 2 aromatic carbocycles. The first-order valence-corrected chi connectivity index (χ1v) is 8.62. The SMILES string of the molecule is CC1Oc2ccc(C(=O)O)cc2N(CC(=O)Nc2cccc(Cl)c2Cl)C1=O. The molecule has 1 atom stereocenters. The van der Waals surface area contributed by atoms with E-state index in [4.69, 9.17) is 27.9 Å². The number of amides is 2. The third kappa shape index (κ3) is 3.84. The second kappa shape index (κ2) is 7.46. The summed E-state index contributed by atoms with van der Waals surface area (Å²) in [6.07, 6.45) is -0.810. The van der Waals surface area contributed by atoms with Crippen LogP contribution >= 0.6 is 23.2 Å². The molecule has 7 nitrogen and oxygen atoms in total. The maximum atomic E-state index is 12.5. The second-order valence-corrected chi connectivity index (χ2v) is 6.61. The maximum absolute atomic E-state index is 12.5. The molecule has 3 rings (SSSR count). The number of rotatable bonds is 4. The maximum Gasteiger partial charge on any atom is 0.335 e. The number of benzene rings is 2. The lowest BCUT2D eigenvalue weighted by Gasteiger charge is -2.32. The Morgan fingerprint density at radius 3 is 2.70 bits per heavy atom. The van der Waals surface area contributed by atoms with E-state index in [9.17, 15) is 19.5 Å². The molecule has 0 bridgehead atoms. The van der Waals surface area contributed by atoms with Gasteiger partial charge in [0.25, 0.3) is 5.91 Å². The fraction of sp³-hybridized carbons (Fsp3) is 0.167. The summed E-state index contributed by atoms with van der Waals surface area (Å²) in [5, 5.41) is 12.2. The van der Waals surface area contributed by atoms with Crippen LogP contribution in [0, 0.1) is 0 Å². The average Bonchev–Trinajstić information content (AvgIpc) is 2.62. The van der Waals surface area contributed by atoms with E-state index in [0.29, 0.717) is 11.4 Å². The lowest BCUT2D eigenvalue weighted by molar-refractivity contribution is -0.127. The van der Waals surface area contributed by atoms with E-state index < -0.39 is 23.9 Å². The van der Waals surface area contributed by atoms with Crippen molar-refractivity contribution in [2.45, 2.75) is 13.0 Å². The van der Waals surface area contributed by atoms with E-state index >= 15 is 0 Å². The molecule has 0 spiro atoms. The van der Waals surface area contributed by atoms with Crippen molar-refractivity contribution in [1.29, 1.82) is 0 Å². The minimum absolute atomic E-state index is 0.0250. The van der Waals surface area contributed by atoms with Gasteiger partial charge in [-0.1, -0.05) is 29.3 Å². The highest BCUT2D eigenvalue weighted by Crippen LogP contribution is 2.35. The molecule has 1 aliphatic heterocycles. The molecule has 2 amide bonds. The second-order valence-electron chi connectivity index (χ2n) is 5.82. The van der Waals surface area contributed by atoms with Crippen LogP contribution in [0.15, 0.2) is 36.4 Å². The molecule has 0 saturated heterocycles. The van der Waals surface area contributed by atoms with Crippen molar-refractivity contribution < 1.29 is 24.2 Å². The lowest BCUT2D eigenvalue weighted by Crippen LogP contribution is -2.47. The molecule has 0 aliphatic carbocycles. The predicted octanol–water partition coefficient (Wildman–Crippen LogP) is 3.44. The molecule has 9 heteroatoms.